The van der Waals surface area contributed by atoms with Crippen LogP contribution >= 0.6 is 0 Å². The lowest BCUT2D eigenvalue weighted by Crippen LogP contribution is -2.45. The number of nitrogens with one attached hydrogen (secondary N) is 1. The van der Waals surface area contributed by atoms with Gasteiger partial charge in [0.25, 0.3) is 0 Å². The number of benzene rings is 1. The number of anilines is 3. The second kappa shape index (κ2) is 12.4. The maximum atomic E-state index is 14.7. The van der Waals surface area contributed by atoms with Gasteiger partial charge in [-0.05, 0) is 37.5 Å². The molecule has 0 spiro atoms. The molecule has 0 saturated carbocycles. The molecule has 12 heteroatoms. The van der Waals surface area contributed by atoms with Crippen molar-refractivity contribution in [2.45, 2.75) is 31.4 Å². The zero-order chi connectivity index (χ0) is 29.1. The normalized spacial score (nSPS) is 19.6. The molecule has 11 nitrogen and oxygen atoms in total. The van der Waals surface area contributed by atoms with Crippen LogP contribution in [-0.2, 0) is 4.74 Å². The smallest absolute Gasteiger partial charge is 0.168 e. The molecular formula is C30H34FN7O4. The summed E-state index contributed by atoms with van der Waals surface area (Å²) in [5.74, 6) is 0.833. The average molecular weight is 576 g/mol. The number of piperidine rings is 1. The standard InChI is InChI=1S/C30H34FN7O4/c1-41-26-4-2-3-23(31)29(26)30-32-9-5-27(36-30)35-28-13-24(37-10-6-19(18-39)25(40)17-37)22(15-33-28)20-14-34-38(16-20)21-7-11-42-12-8-21/h2-5,9,13-16,19,21,25,39-40H,6-8,10-12,17-18H2,1H3,(H,32,33,35,36)/t19-,25+/m1/s1. The Morgan fingerprint density at radius 2 is 1.98 bits per heavy atom. The topological polar surface area (TPSA) is 131 Å². The molecule has 3 aromatic heterocycles. The van der Waals surface area contributed by atoms with E-state index in [0.29, 0.717) is 36.9 Å². The van der Waals surface area contributed by atoms with Gasteiger partial charge < -0.3 is 29.9 Å². The Morgan fingerprint density at radius 3 is 2.76 bits per heavy atom. The van der Waals surface area contributed by atoms with E-state index in [9.17, 15) is 14.6 Å². The molecule has 4 aromatic rings. The Balaban J connectivity index is 1.33. The lowest BCUT2D eigenvalue weighted by molar-refractivity contribution is 0.0548. The molecule has 220 valence electrons. The molecule has 0 bridgehead atoms. The van der Waals surface area contributed by atoms with E-state index in [2.05, 4.69) is 30.3 Å². The molecule has 42 heavy (non-hydrogen) atoms. The molecule has 0 radical (unpaired) electrons. The number of hydrogen-bond donors (Lipinski definition) is 3. The fourth-order valence-corrected chi connectivity index (χ4v) is 5.61. The van der Waals surface area contributed by atoms with E-state index in [0.717, 1.165) is 42.9 Å². The van der Waals surface area contributed by atoms with Crippen molar-refractivity contribution in [3.63, 3.8) is 0 Å². The van der Waals surface area contributed by atoms with Crippen LogP contribution in [0.25, 0.3) is 22.5 Å². The van der Waals surface area contributed by atoms with E-state index in [-0.39, 0.29) is 30.0 Å². The molecule has 3 N–H and O–H groups in total. The van der Waals surface area contributed by atoms with Crippen molar-refractivity contribution in [3.8, 4) is 28.3 Å². The Morgan fingerprint density at radius 1 is 1.12 bits per heavy atom. The highest BCUT2D eigenvalue weighted by Gasteiger charge is 2.29. The summed E-state index contributed by atoms with van der Waals surface area (Å²) in [6, 6.07) is 8.45. The number of hydrogen-bond acceptors (Lipinski definition) is 10. The van der Waals surface area contributed by atoms with Crippen molar-refractivity contribution in [1.82, 2.24) is 24.7 Å². The van der Waals surface area contributed by atoms with Crippen LogP contribution in [0.4, 0.5) is 21.7 Å². The van der Waals surface area contributed by atoms with Crippen molar-refractivity contribution in [3.05, 3.63) is 60.9 Å². The predicted molar refractivity (Wildman–Crippen MR) is 155 cm³/mol. The molecule has 2 aliphatic heterocycles. The minimum absolute atomic E-state index is 0.0499. The molecule has 2 saturated heterocycles. The minimum Gasteiger partial charge on any atom is -0.496 e. The van der Waals surface area contributed by atoms with E-state index < -0.39 is 11.9 Å². The lowest BCUT2D eigenvalue weighted by atomic mass is 9.94. The van der Waals surface area contributed by atoms with Crippen LogP contribution in [0.15, 0.2) is 55.1 Å². The largest absolute Gasteiger partial charge is 0.496 e. The Bertz CT molecular complexity index is 1530. The molecule has 5 heterocycles. The highest BCUT2D eigenvalue weighted by molar-refractivity contribution is 5.80. The summed E-state index contributed by atoms with van der Waals surface area (Å²) in [5.41, 5.74) is 2.85. The predicted octanol–water partition coefficient (Wildman–Crippen LogP) is 3.82. The van der Waals surface area contributed by atoms with Gasteiger partial charge >= 0.3 is 0 Å². The van der Waals surface area contributed by atoms with Crippen LogP contribution < -0.4 is 15.0 Å². The molecule has 2 atom stereocenters. The zero-order valence-electron chi connectivity index (χ0n) is 23.4. The van der Waals surface area contributed by atoms with Crippen molar-refractivity contribution < 1.29 is 24.1 Å². The van der Waals surface area contributed by atoms with Crippen LogP contribution in [0.1, 0.15) is 25.3 Å². The third-order valence-corrected chi connectivity index (χ3v) is 7.99. The first-order valence-corrected chi connectivity index (χ1v) is 14.1. The number of rotatable bonds is 8. The number of aliphatic hydroxyl groups is 2. The van der Waals surface area contributed by atoms with Crippen LogP contribution in [-0.4, -0.2) is 81.1 Å². The van der Waals surface area contributed by atoms with Crippen molar-refractivity contribution >= 4 is 17.3 Å². The number of pyridine rings is 1. The minimum atomic E-state index is -0.661. The maximum Gasteiger partial charge on any atom is 0.168 e. The van der Waals surface area contributed by atoms with Gasteiger partial charge in [-0.3, -0.25) is 4.68 Å². The second-order valence-corrected chi connectivity index (χ2v) is 10.6. The van der Waals surface area contributed by atoms with Gasteiger partial charge in [0.2, 0.25) is 0 Å². The third-order valence-electron chi connectivity index (χ3n) is 7.99. The number of halogens is 1. The quantitative estimate of drug-likeness (QED) is 0.285. The first kappa shape index (κ1) is 28.0. The second-order valence-electron chi connectivity index (χ2n) is 10.6. The van der Waals surface area contributed by atoms with Gasteiger partial charge in [0.1, 0.15) is 23.2 Å². The van der Waals surface area contributed by atoms with Crippen LogP contribution in [0.5, 0.6) is 5.75 Å². The molecule has 2 fully saturated rings. The molecular weight excluding hydrogens is 541 g/mol. The zero-order valence-corrected chi connectivity index (χ0v) is 23.4. The summed E-state index contributed by atoms with van der Waals surface area (Å²) < 4.78 is 27.5. The van der Waals surface area contributed by atoms with Gasteiger partial charge in [0, 0.05) is 74.6 Å². The SMILES string of the molecule is COc1cccc(F)c1-c1nccc(Nc2cc(N3CC[C@H](CO)[C@@H](O)C3)c(-c3cnn(C4CCOCC4)c3)cn2)n1. The Hall–Kier alpha value is -4.13. The van der Waals surface area contributed by atoms with E-state index in [4.69, 9.17) is 9.47 Å². The fourth-order valence-electron chi connectivity index (χ4n) is 5.61. The monoisotopic (exact) mass is 575 g/mol. The highest BCUT2D eigenvalue weighted by Crippen LogP contribution is 2.36. The molecule has 6 rings (SSSR count). The number of methoxy groups -OCH3 is 1. The summed E-state index contributed by atoms with van der Waals surface area (Å²) in [7, 11) is 1.47. The number of ether oxygens (including phenoxy) is 2. The number of nitrogens with zero attached hydrogens (tertiary/aromatic N) is 6. The van der Waals surface area contributed by atoms with Gasteiger partial charge in [-0.2, -0.15) is 5.10 Å². The summed E-state index contributed by atoms with van der Waals surface area (Å²) in [6.45, 7) is 2.43. The molecule has 0 amide bonds. The molecule has 2 aliphatic rings. The van der Waals surface area contributed by atoms with Gasteiger partial charge in [-0.25, -0.2) is 19.3 Å². The summed E-state index contributed by atoms with van der Waals surface area (Å²) in [5, 5.41) is 28.3. The first-order chi connectivity index (χ1) is 20.5. The van der Waals surface area contributed by atoms with Gasteiger partial charge in [0.15, 0.2) is 5.82 Å². The van der Waals surface area contributed by atoms with Crippen molar-refractivity contribution in [1.29, 1.82) is 0 Å². The Labute approximate surface area is 243 Å². The van der Waals surface area contributed by atoms with Crippen LogP contribution in [0.2, 0.25) is 0 Å². The van der Waals surface area contributed by atoms with E-state index in [1.807, 2.05) is 23.1 Å². The maximum absolute atomic E-state index is 14.7. The molecule has 1 aromatic carbocycles. The molecule has 0 unspecified atom stereocenters. The fraction of sp³-hybridized carbons (Fsp3) is 0.400. The lowest BCUT2D eigenvalue weighted by Gasteiger charge is -2.37. The number of β-amino-alcohol motifs (C(OH)–C–C–N with tert-alkyl or cyclic N) is 1. The van der Waals surface area contributed by atoms with Gasteiger partial charge in [-0.15, -0.1) is 0 Å². The Kier molecular flexibility index (Phi) is 8.27. The van der Waals surface area contributed by atoms with Gasteiger partial charge in [-0.1, -0.05) is 6.07 Å². The number of aromatic nitrogens is 5. The first-order valence-electron chi connectivity index (χ1n) is 14.1. The third kappa shape index (κ3) is 5.78. The van der Waals surface area contributed by atoms with Gasteiger partial charge in [0.05, 0.1) is 36.7 Å². The van der Waals surface area contributed by atoms with Crippen molar-refractivity contribution in [2.75, 3.05) is 50.2 Å². The van der Waals surface area contributed by atoms with E-state index in [1.165, 1.54) is 13.2 Å². The van der Waals surface area contributed by atoms with Crippen LogP contribution in [0, 0.1) is 11.7 Å². The van der Waals surface area contributed by atoms with E-state index in [1.54, 1.807) is 30.6 Å². The highest BCUT2D eigenvalue weighted by atomic mass is 19.1. The van der Waals surface area contributed by atoms with E-state index >= 15 is 0 Å². The summed E-state index contributed by atoms with van der Waals surface area (Å²) in [6.07, 6.45) is 9.04. The molecule has 0 aliphatic carbocycles. The van der Waals surface area contributed by atoms with Crippen LogP contribution in [0.3, 0.4) is 0 Å². The summed E-state index contributed by atoms with van der Waals surface area (Å²) in [4.78, 5) is 15.6. The number of aliphatic hydroxyl groups excluding tert-OH is 2. The average Bonchev–Trinajstić information content (AvgIpc) is 3.52. The van der Waals surface area contributed by atoms with Crippen molar-refractivity contribution in [2.24, 2.45) is 5.92 Å². The summed E-state index contributed by atoms with van der Waals surface area (Å²) >= 11 is 0.